The van der Waals surface area contributed by atoms with Gasteiger partial charge in [0.1, 0.15) is 5.60 Å². The Morgan fingerprint density at radius 3 is 2.45 bits per heavy atom. The van der Waals surface area contributed by atoms with Crippen LogP contribution >= 0.6 is 24.0 Å². The molecule has 11 heteroatoms. The summed E-state index contributed by atoms with van der Waals surface area (Å²) in [6.45, 7) is 4.95. The monoisotopic (exact) mass is 536 g/mol. The Balaban J connectivity index is 0.00000420. The van der Waals surface area contributed by atoms with Crippen LogP contribution in [0.1, 0.15) is 25.0 Å². The van der Waals surface area contributed by atoms with Crippen LogP contribution in [0.5, 0.6) is 0 Å². The number of halogens is 1. The smallest absolute Gasteiger partial charge is 0.240 e. The lowest BCUT2D eigenvalue weighted by Crippen LogP contribution is -2.44. The molecule has 1 unspecified atom stereocenters. The number of hydrogen-bond donors (Lipinski definition) is 4. The first-order chi connectivity index (χ1) is 13.2. The van der Waals surface area contributed by atoms with Gasteiger partial charge in [-0.3, -0.25) is 4.68 Å². The summed E-state index contributed by atoms with van der Waals surface area (Å²) >= 11 is 0. The maximum absolute atomic E-state index is 11.8. The first-order valence-electron chi connectivity index (χ1n) is 8.94. The van der Waals surface area contributed by atoms with Crippen LogP contribution in [-0.2, 0) is 29.2 Å². The lowest BCUT2D eigenvalue weighted by Gasteiger charge is -2.23. The minimum atomic E-state index is -3.45. The van der Waals surface area contributed by atoms with Gasteiger partial charge in [0.05, 0.1) is 24.2 Å². The minimum absolute atomic E-state index is 0. The van der Waals surface area contributed by atoms with Gasteiger partial charge in [0.25, 0.3) is 0 Å². The number of aromatic nitrogens is 2. The third-order valence-electron chi connectivity index (χ3n) is 4.19. The number of sulfonamides is 1. The molecule has 0 aliphatic carbocycles. The molecule has 1 aromatic heterocycles. The fourth-order valence-electron chi connectivity index (χ4n) is 2.46. The Morgan fingerprint density at radius 1 is 1.28 bits per heavy atom. The van der Waals surface area contributed by atoms with E-state index in [1.807, 2.05) is 6.92 Å². The zero-order valence-electron chi connectivity index (χ0n) is 17.0. The Kier molecular flexibility index (Phi) is 9.52. The number of nitrogens with one attached hydrogen (secondary N) is 3. The van der Waals surface area contributed by atoms with Crippen molar-refractivity contribution in [3.63, 3.8) is 0 Å². The second-order valence-corrected chi connectivity index (χ2v) is 8.46. The lowest BCUT2D eigenvalue weighted by atomic mass is 10.00. The molecule has 2 aromatic rings. The first-order valence-corrected chi connectivity index (χ1v) is 10.4. The number of aryl methyl sites for hydroxylation is 1. The summed E-state index contributed by atoms with van der Waals surface area (Å²) in [6, 6.07) is 6.54. The maximum Gasteiger partial charge on any atom is 0.240 e. The fraction of sp³-hybridized carbons (Fsp3) is 0.444. The van der Waals surface area contributed by atoms with E-state index in [1.165, 1.54) is 7.05 Å². The number of aliphatic hydroxyl groups is 1. The molecule has 0 radical (unpaired) electrons. The van der Waals surface area contributed by atoms with Gasteiger partial charge in [-0.1, -0.05) is 12.1 Å². The molecule has 2 rings (SSSR count). The van der Waals surface area contributed by atoms with E-state index in [1.54, 1.807) is 55.3 Å². The third-order valence-corrected chi connectivity index (χ3v) is 5.62. The topological polar surface area (TPSA) is 121 Å². The second-order valence-electron chi connectivity index (χ2n) is 6.58. The molecule has 9 nitrogen and oxygen atoms in total. The normalized spacial score (nSPS) is 14.0. The Hall–Kier alpha value is -1.70. The Labute approximate surface area is 189 Å². The minimum Gasteiger partial charge on any atom is -0.383 e. The van der Waals surface area contributed by atoms with E-state index in [0.29, 0.717) is 24.6 Å². The molecule has 1 aromatic carbocycles. The number of guanidine groups is 1. The summed E-state index contributed by atoms with van der Waals surface area (Å²) < 4.78 is 27.5. The van der Waals surface area contributed by atoms with Crippen LogP contribution in [0.4, 0.5) is 0 Å². The van der Waals surface area contributed by atoms with Crippen molar-refractivity contribution in [3.05, 3.63) is 47.8 Å². The molecule has 4 N–H and O–H groups in total. The average Bonchev–Trinajstić information content (AvgIpc) is 3.12. The van der Waals surface area contributed by atoms with Crippen molar-refractivity contribution in [3.8, 4) is 0 Å². The highest BCUT2D eigenvalue weighted by Crippen LogP contribution is 2.18. The number of rotatable bonds is 8. The largest absolute Gasteiger partial charge is 0.383 e. The summed E-state index contributed by atoms with van der Waals surface area (Å²) in [5.74, 6) is 0.554. The SMILES string of the molecule is CCNC(=NCc1ccc(S(=O)(=O)NC)cc1)NCC(C)(O)c1cnn(C)c1.I. The van der Waals surface area contributed by atoms with Crippen molar-refractivity contribution < 1.29 is 13.5 Å². The molecule has 0 aliphatic rings. The highest BCUT2D eigenvalue weighted by atomic mass is 127. The van der Waals surface area contributed by atoms with Crippen molar-refractivity contribution in [1.29, 1.82) is 0 Å². The van der Waals surface area contributed by atoms with Crippen LogP contribution in [0.25, 0.3) is 0 Å². The van der Waals surface area contributed by atoms with Gasteiger partial charge in [0, 0.05) is 25.4 Å². The summed E-state index contributed by atoms with van der Waals surface area (Å²) in [5, 5.41) is 21.0. The van der Waals surface area contributed by atoms with Crippen molar-refractivity contribution in [1.82, 2.24) is 25.1 Å². The predicted octanol–water partition coefficient (Wildman–Crippen LogP) is 0.909. The highest BCUT2D eigenvalue weighted by molar-refractivity contribution is 14.0. The molecule has 162 valence electrons. The lowest BCUT2D eigenvalue weighted by molar-refractivity contribution is 0.0616. The van der Waals surface area contributed by atoms with Gasteiger partial charge in [0.15, 0.2) is 5.96 Å². The molecular weight excluding hydrogens is 507 g/mol. The van der Waals surface area contributed by atoms with Gasteiger partial charge in [-0.15, -0.1) is 24.0 Å². The van der Waals surface area contributed by atoms with E-state index in [4.69, 9.17) is 0 Å². The molecule has 1 atom stereocenters. The number of benzene rings is 1. The Morgan fingerprint density at radius 2 is 1.93 bits per heavy atom. The summed E-state index contributed by atoms with van der Waals surface area (Å²) in [6.07, 6.45) is 3.40. The molecule has 0 saturated carbocycles. The van der Waals surface area contributed by atoms with E-state index >= 15 is 0 Å². The van der Waals surface area contributed by atoms with Crippen molar-refractivity contribution in [2.24, 2.45) is 12.0 Å². The van der Waals surface area contributed by atoms with Crippen molar-refractivity contribution in [2.45, 2.75) is 30.9 Å². The molecule has 0 fully saturated rings. The molecule has 0 bridgehead atoms. The maximum atomic E-state index is 11.8. The van der Waals surface area contributed by atoms with E-state index in [-0.39, 0.29) is 35.4 Å². The summed E-state index contributed by atoms with van der Waals surface area (Å²) in [7, 11) is -0.275. The summed E-state index contributed by atoms with van der Waals surface area (Å²) in [5.41, 5.74) is 0.471. The van der Waals surface area contributed by atoms with E-state index in [0.717, 1.165) is 5.56 Å². The van der Waals surface area contributed by atoms with Crippen LogP contribution in [0.15, 0.2) is 46.5 Å². The zero-order chi connectivity index (χ0) is 20.8. The third kappa shape index (κ3) is 7.24. The molecule has 0 aliphatic heterocycles. The molecule has 29 heavy (non-hydrogen) atoms. The van der Waals surface area contributed by atoms with Crippen LogP contribution < -0.4 is 15.4 Å². The summed E-state index contributed by atoms with van der Waals surface area (Å²) in [4.78, 5) is 4.70. The Bertz CT molecular complexity index is 910. The molecule has 0 amide bonds. The van der Waals surface area contributed by atoms with Gasteiger partial charge < -0.3 is 15.7 Å². The van der Waals surface area contributed by atoms with Gasteiger partial charge in [-0.2, -0.15) is 5.10 Å². The molecule has 0 saturated heterocycles. The number of nitrogens with zero attached hydrogens (tertiary/aromatic N) is 3. The van der Waals surface area contributed by atoms with Gasteiger partial charge >= 0.3 is 0 Å². The highest BCUT2D eigenvalue weighted by Gasteiger charge is 2.25. The quantitative estimate of drug-likeness (QED) is 0.226. The van der Waals surface area contributed by atoms with Crippen LogP contribution in [0.2, 0.25) is 0 Å². The van der Waals surface area contributed by atoms with Crippen LogP contribution in [0, 0.1) is 0 Å². The average molecular weight is 536 g/mol. The molecular formula is C18H29IN6O3S. The van der Waals surface area contributed by atoms with Gasteiger partial charge in [-0.05, 0) is 38.6 Å². The first kappa shape index (κ1) is 25.3. The van der Waals surface area contributed by atoms with Crippen molar-refractivity contribution in [2.75, 3.05) is 20.1 Å². The predicted molar refractivity (Wildman–Crippen MR) is 124 cm³/mol. The van der Waals surface area contributed by atoms with E-state index < -0.39 is 15.6 Å². The molecule has 0 spiro atoms. The second kappa shape index (κ2) is 10.9. The standard InChI is InChI=1S/C18H28N6O3S.HI/c1-5-20-17(22-13-18(2,25)15-11-23-24(4)12-15)21-10-14-6-8-16(9-7-14)28(26,27)19-3;/h6-9,11-12,19,25H,5,10,13H2,1-4H3,(H2,20,21,22);1H. The van der Waals surface area contributed by atoms with Gasteiger partial charge in [-0.25, -0.2) is 18.1 Å². The van der Waals surface area contributed by atoms with Crippen LogP contribution in [0.3, 0.4) is 0 Å². The molecule has 1 heterocycles. The fourth-order valence-corrected chi connectivity index (χ4v) is 3.19. The van der Waals surface area contributed by atoms with Crippen LogP contribution in [-0.4, -0.2) is 49.4 Å². The number of hydrogen-bond acceptors (Lipinski definition) is 5. The van der Waals surface area contributed by atoms with E-state index in [9.17, 15) is 13.5 Å². The van der Waals surface area contributed by atoms with Crippen molar-refractivity contribution >= 4 is 40.0 Å². The zero-order valence-corrected chi connectivity index (χ0v) is 20.2. The van der Waals surface area contributed by atoms with E-state index in [2.05, 4.69) is 25.4 Å². The van der Waals surface area contributed by atoms with Gasteiger partial charge in [0.2, 0.25) is 10.0 Å². The number of aliphatic imine (C=N–C) groups is 1.